The first kappa shape index (κ1) is 14.9. The summed E-state index contributed by atoms with van der Waals surface area (Å²) in [5, 5.41) is 3.14. The van der Waals surface area contributed by atoms with Crippen LogP contribution in [0.5, 0.6) is 0 Å². The van der Waals surface area contributed by atoms with Gasteiger partial charge in [0.15, 0.2) is 0 Å². The van der Waals surface area contributed by atoms with Gasteiger partial charge < -0.3 is 10.1 Å². The fourth-order valence-corrected chi connectivity index (χ4v) is 5.31. The van der Waals surface area contributed by atoms with E-state index in [2.05, 4.69) is 5.32 Å². The highest BCUT2D eigenvalue weighted by Gasteiger charge is 2.55. The first-order valence-corrected chi connectivity index (χ1v) is 8.21. The van der Waals surface area contributed by atoms with Crippen LogP contribution in [-0.4, -0.2) is 24.5 Å². The Labute approximate surface area is 127 Å². The van der Waals surface area contributed by atoms with Crippen LogP contribution < -0.4 is 5.32 Å². The van der Waals surface area contributed by atoms with Gasteiger partial charge in [-0.15, -0.1) is 0 Å². The molecule has 4 rings (SSSR count). The highest BCUT2D eigenvalue weighted by molar-refractivity contribution is 5.84. The molecule has 0 radical (unpaired) electrons. The number of hydrogen-bond acceptors (Lipinski definition) is 3. The second kappa shape index (κ2) is 4.99. The number of nitrogens with one attached hydrogen (secondary N) is 1. The van der Waals surface area contributed by atoms with Gasteiger partial charge in [-0.25, -0.2) is 0 Å². The summed E-state index contributed by atoms with van der Waals surface area (Å²) in [6, 6.07) is 0. The number of methoxy groups -OCH3 is 1. The molecule has 4 bridgehead atoms. The molecule has 0 heterocycles. The number of ether oxygens (including phenoxy) is 1. The average molecular weight is 293 g/mol. The SMILES string of the molecule is COC(=O)CC(C)(C)NC(=O)C12CC3CC(CC(C3)C1)C2. The summed E-state index contributed by atoms with van der Waals surface area (Å²) in [5.41, 5.74) is -0.685. The second-order valence-electron chi connectivity index (χ2n) is 8.29. The molecule has 1 amide bonds. The average Bonchev–Trinajstić information content (AvgIpc) is 2.35. The lowest BCUT2D eigenvalue weighted by molar-refractivity contribution is -0.149. The van der Waals surface area contributed by atoms with Crippen LogP contribution in [0.15, 0.2) is 0 Å². The van der Waals surface area contributed by atoms with Crippen LogP contribution in [0.1, 0.15) is 58.8 Å². The Morgan fingerprint density at radius 2 is 1.57 bits per heavy atom. The van der Waals surface area contributed by atoms with Crippen LogP contribution in [0.4, 0.5) is 0 Å². The number of hydrogen-bond donors (Lipinski definition) is 1. The fourth-order valence-electron chi connectivity index (χ4n) is 5.31. The minimum Gasteiger partial charge on any atom is -0.469 e. The minimum atomic E-state index is -0.534. The predicted octanol–water partition coefficient (Wildman–Crippen LogP) is 2.66. The monoisotopic (exact) mass is 293 g/mol. The molecular formula is C17H27NO3. The lowest BCUT2D eigenvalue weighted by Crippen LogP contribution is -2.57. The van der Waals surface area contributed by atoms with E-state index in [0.29, 0.717) is 0 Å². The summed E-state index contributed by atoms with van der Waals surface area (Å²) in [4.78, 5) is 24.4. The van der Waals surface area contributed by atoms with Crippen LogP contribution >= 0.6 is 0 Å². The number of rotatable bonds is 4. The standard InChI is InChI=1S/C17H27NO3/c1-16(2,10-14(19)21-3)18-15(20)17-7-11-4-12(8-17)6-13(5-11)9-17/h11-13H,4-10H2,1-3H3,(H,18,20). The van der Waals surface area contributed by atoms with E-state index >= 15 is 0 Å². The number of carbonyl (C=O) groups excluding carboxylic acids is 2. The van der Waals surface area contributed by atoms with Gasteiger partial charge in [0, 0.05) is 11.0 Å². The lowest BCUT2D eigenvalue weighted by atomic mass is 9.49. The van der Waals surface area contributed by atoms with Gasteiger partial charge >= 0.3 is 5.97 Å². The molecule has 0 spiro atoms. The quantitative estimate of drug-likeness (QED) is 0.811. The molecule has 4 aliphatic carbocycles. The molecule has 21 heavy (non-hydrogen) atoms. The molecule has 0 aromatic rings. The van der Waals surface area contributed by atoms with Gasteiger partial charge in [0.1, 0.15) is 0 Å². The van der Waals surface area contributed by atoms with Crippen molar-refractivity contribution in [3.8, 4) is 0 Å². The van der Waals surface area contributed by atoms with Crippen LogP contribution in [0.2, 0.25) is 0 Å². The molecule has 0 saturated heterocycles. The van der Waals surface area contributed by atoms with Crippen molar-refractivity contribution in [3.63, 3.8) is 0 Å². The summed E-state index contributed by atoms with van der Waals surface area (Å²) >= 11 is 0. The van der Waals surface area contributed by atoms with Crippen LogP contribution in [0.25, 0.3) is 0 Å². The molecule has 4 nitrogen and oxygen atoms in total. The fraction of sp³-hybridized carbons (Fsp3) is 0.882. The molecular weight excluding hydrogens is 266 g/mol. The molecule has 1 N–H and O–H groups in total. The molecule has 118 valence electrons. The highest BCUT2D eigenvalue weighted by atomic mass is 16.5. The molecule has 0 atom stereocenters. The Bertz CT molecular complexity index is 420. The van der Waals surface area contributed by atoms with Gasteiger partial charge in [0.25, 0.3) is 0 Å². The van der Waals surface area contributed by atoms with Gasteiger partial charge in [-0.1, -0.05) is 0 Å². The normalized spacial score (nSPS) is 37.4. The molecule has 0 aliphatic heterocycles. The Morgan fingerprint density at radius 3 is 2.00 bits per heavy atom. The van der Waals surface area contributed by atoms with E-state index in [1.807, 2.05) is 13.8 Å². The van der Waals surface area contributed by atoms with E-state index in [4.69, 9.17) is 4.74 Å². The second-order valence-corrected chi connectivity index (χ2v) is 8.29. The van der Waals surface area contributed by atoms with Gasteiger partial charge in [0.05, 0.1) is 13.5 Å². The molecule has 4 fully saturated rings. The first-order chi connectivity index (χ1) is 9.82. The van der Waals surface area contributed by atoms with E-state index in [1.54, 1.807) is 0 Å². The van der Waals surface area contributed by atoms with Crippen LogP contribution in [0.3, 0.4) is 0 Å². The van der Waals surface area contributed by atoms with Crippen molar-refractivity contribution < 1.29 is 14.3 Å². The Kier molecular flexibility index (Phi) is 3.53. The van der Waals surface area contributed by atoms with Crippen molar-refractivity contribution in [3.05, 3.63) is 0 Å². The smallest absolute Gasteiger partial charge is 0.307 e. The summed E-state index contributed by atoms with van der Waals surface area (Å²) in [6.07, 6.45) is 7.38. The zero-order valence-corrected chi connectivity index (χ0v) is 13.4. The molecule has 4 heteroatoms. The van der Waals surface area contributed by atoms with E-state index in [-0.39, 0.29) is 23.7 Å². The predicted molar refractivity (Wildman–Crippen MR) is 79.5 cm³/mol. The zero-order chi connectivity index (χ0) is 15.3. The van der Waals surface area contributed by atoms with Crippen molar-refractivity contribution >= 4 is 11.9 Å². The summed E-state index contributed by atoms with van der Waals surface area (Å²) in [7, 11) is 1.39. The molecule has 4 saturated carbocycles. The van der Waals surface area contributed by atoms with Crippen molar-refractivity contribution in [2.45, 2.75) is 64.3 Å². The Hall–Kier alpha value is -1.06. The van der Waals surface area contributed by atoms with E-state index in [0.717, 1.165) is 37.0 Å². The third kappa shape index (κ3) is 2.82. The number of esters is 1. The molecule has 0 unspecified atom stereocenters. The van der Waals surface area contributed by atoms with Crippen molar-refractivity contribution in [1.82, 2.24) is 5.32 Å². The van der Waals surface area contributed by atoms with Crippen molar-refractivity contribution in [2.75, 3.05) is 7.11 Å². The summed E-state index contributed by atoms with van der Waals surface area (Å²) in [5.74, 6) is 2.17. The van der Waals surface area contributed by atoms with Gasteiger partial charge in [-0.2, -0.15) is 0 Å². The maximum absolute atomic E-state index is 12.9. The van der Waals surface area contributed by atoms with E-state index < -0.39 is 5.54 Å². The number of amides is 1. The van der Waals surface area contributed by atoms with E-state index in [9.17, 15) is 9.59 Å². The van der Waals surface area contributed by atoms with E-state index in [1.165, 1.54) is 26.4 Å². The maximum atomic E-state index is 12.9. The maximum Gasteiger partial charge on any atom is 0.307 e. The largest absolute Gasteiger partial charge is 0.469 e. The Morgan fingerprint density at radius 1 is 1.10 bits per heavy atom. The molecule has 0 aromatic carbocycles. The topological polar surface area (TPSA) is 55.4 Å². The Balaban J connectivity index is 1.69. The van der Waals surface area contributed by atoms with Gasteiger partial charge in [-0.3, -0.25) is 9.59 Å². The van der Waals surface area contributed by atoms with Gasteiger partial charge in [-0.05, 0) is 70.1 Å². The minimum absolute atomic E-state index is 0.151. The van der Waals surface area contributed by atoms with Gasteiger partial charge in [0.2, 0.25) is 5.91 Å². The third-order valence-corrected chi connectivity index (χ3v) is 5.79. The summed E-state index contributed by atoms with van der Waals surface area (Å²) in [6.45, 7) is 3.81. The van der Waals surface area contributed by atoms with Crippen LogP contribution in [-0.2, 0) is 14.3 Å². The molecule has 4 aliphatic rings. The highest BCUT2D eigenvalue weighted by Crippen LogP contribution is 2.60. The molecule has 0 aromatic heterocycles. The number of carbonyl (C=O) groups is 2. The lowest BCUT2D eigenvalue weighted by Gasteiger charge is -2.56. The third-order valence-electron chi connectivity index (χ3n) is 5.79. The van der Waals surface area contributed by atoms with Crippen LogP contribution in [0, 0.1) is 23.2 Å². The van der Waals surface area contributed by atoms with Crippen molar-refractivity contribution in [2.24, 2.45) is 23.2 Å². The van der Waals surface area contributed by atoms with Crippen molar-refractivity contribution in [1.29, 1.82) is 0 Å². The summed E-state index contributed by atoms with van der Waals surface area (Å²) < 4.78 is 4.73. The first-order valence-electron chi connectivity index (χ1n) is 8.21. The zero-order valence-electron chi connectivity index (χ0n) is 13.4.